The smallest absolute Gasteiger partial charge is 0.122 e. The highest BCUT2D eigenvalue weighted by Crippen LogP contribution is 2.33. The number of hydrogen-bond acceptors (Lipinski definition) is 2. The molecule has 0 aromatic heterocycles. The summed E-state index contributed by atoms with van der Waals surface area (Å²) in [5.41, 5.74) is 4.14. The normalized spacial score (nSPS) is 18.2. The fourth-order valence-corrected chi connectivity index (χ4v) is 2.90. The highest BCUT2D eigenvalue weighted by molar-refractivity contribution is 5.44. The molecule has 1 heterocycles. The average molecular weight is 261 g/mol. The van der Waals surface area contributed by atoms with Crippen LogP contribution in [0.5, 0.6) is 5.75 Å². The quantitative estimate of drug-likeness (QED) is 0.791. The molecule has 1 aliphatic heterocycles. The van der Waals surface area contributed by atoms with E-state index in [2.05, 4.69) is 51.7 Å². The second-order valence-corrected chi connectivity index (χ2v) is 5.99. The molecule has 1 aromatic carbocycles. The van der Waals surface area contributed by atoms with Gasteiger partial charge in [0, 0.05) is 19.1 Å². The van der Waals surface area contributed by atoms with Crippen LogP contribution in [-0.2, 0) is 0 Å². The Labute approximate surface area is 117 Å². The zero-order valence-electron chi connectivity index (χ0n) is 13.0. The molecule has 0 N–H and O–H groups in total. The summed E-state index contributed by atoms with van der Waals surface area (Å²) >= 11 is 0. The molecule has 1 atom stereocenters. The van der Waals surface area contributed by atoms with Crippen LogP contribution in [0.3, 0.4) is 0 Å². The molecular formula is C17H27NO. The monoisotopic (exact) mass is 261 g/mol. The summed E-state index contributed by atoms with van der Waals surface area (Å²) in [5.74, 6) is 1.91. The largest absolute Gasteiger partial charge is 0.493 e. The summed E-state index contributed by atoms with van der Waals surface area (Å²) in [6, 6.07) is 4.92. The summed E-state index contributed by atoms with van der Waals surface area (Å²) in [4.78, 5) is 2.55. The molecule has 19 heavy (non-hydrogen) atoms. The maximum atomic E-state index is 5.81. The second-order valence-electron chi connectivity index (χ2n) is 5.99. The third-order valence-electron chi connectivity index (χ3n) is 4.33. The van der Waals surface area contributed by atoms with Crippen molar-refractivity contribution in [3.8, 4) is 5.75 Å². The van der Waals surface area contributed by atoms with Crippen LogP contribution < -0.4 is 4.74 Å². The van der Waals surface area contributed by atoms with Crippen LogP contribution in [-0.4, -0.2) is 24.6 Å². The topological polar surface area (TPSA) is 12.5 Å². The highest BCUT2D eigenvalue weighted by atomic mass is 16.5. The molecule has 0 amide bonds. The van der Waals surface area contributed by atoms with Crippen molar-refractivity contribution in [2.45, 2.75) is 47.1 Å². The van der Waals surface area contributed by atoms with Gasteiger partial charge in [-0.3, -0.25) is 4.90 Å². The molecule has 0 saturated carbocycles. The van der Waals surface area contributed by atoms with E-state index in [0.717, 1.165) is 24.7 Å². The minimum Gasteiger partial charge on any atom is -0.493 e. The van der Waals surface area contributed by atoms with Crippen molar-refractivity contribution in [3.63, 3.8) is 0 Å². The van der Waals surface area contributed by atoms with Crippen LogP contribution in [0, 0.1) is 19.8 Å². The molecule has 106 valence electrons. The first kappa shape index (κ1) is 14.4. The predicted molar refractivity (Wildman–Crippen MR) is 80.9 cm³/mol. The SMILES string of the molecule is CCCOc1ccc(C(C)N2CC(C)C2)c(C)c1C. The minimum absolute atomic E-state index is 0.523. The van der Waals surface area contributed by atoms with Gasteiger partial charge in [-0.15, -0.1) is 0 Å². The highest BCUT2D eigenvalue weighted by Gasteiger charge is 2.28. The maximum absolute atomic E-state index is 5.81. The molecule has 0 spiro atoms. The van der Waals surface area contributed by atoms with Gasteiger partial charge in [0.15, 0.2) is 0 Å². The zero-order valence-corrected chi connectivity index (χ0v) is 13.0. The molecule has 2 nitrogen and oxygen atoms in total. The van der Waals surface area contributed by atoms with Gasteiger partial charge in [-0.2, -0.15) is 0 Å². The van der Waals surface area contributed by atoms with E-state index in [0.29, 0.717) is 6.04 Å². The van der Waals surface area contributed by atoms with Crippen LogP contribution in [0.4, 0.5) is 0 Å². The summed E-state index contributed by atoms with van der Waals surface area (Å²) in [7, 11) is 0. The van der Waals surface area contributed by atoms with E-state index in [4.69, 9.17) is 4.74 Å². The fourth-order valence-electron chi connectivity index (χ4n) is 2.90. The lowest BCUT2D eigenvalue weighted by Crippen LogP contribution is -2.46. The molecular weight excluding hydrogens is 234 g/mol. The number of likely N-dealkylation sites (tertiary alicyclic amines) is 1. The van der Waals surface area contributed by atoms with Crippen molar-refractivity contribution >= 4 is 0 Å². The van der Waals surface area contributed by atoms with Gasteiger partial charge in [0.25, 0.3) is 0 Å². The van der Waals surface area contributed by atoms with E-state index < -0.39 is 0 Å². The molecule has 0 aliphatic carbocycles. The molecule has 2 heteroatoms. The van der Waals surface area contributed by atoms with Crippen LogP contribution in [0.25, 0.3) is 0 Å². The number of nitrogens with zero attached hydrogens (tertiary/aromatic N) is 1. The molecule has 1 aromatic rings. The molecule has 0 bridgehead atoms. The van der Waals surface area contributed by atoms with Crippen molar-refractivity contribution in [2.24, 2.45) is 5.92 Å². The lowest BCUT2D eigenvalue weighted by atomic mass is 9.92. The first-order valence-corrected chi connectivity index (χ1v) is 7.51. The lowest BCUT2D eigenvalue weighted by Gasteiger charge is -2.42. The Bertz CT molecular complexity index is 435. The van der Waals surface area contributed by atoms with E-state index in [1.807, 2.05) is 0 Å². The number of ether oxygens (including phenoxy) is 1. The van der Waals surface area contributed by atoms with Gasteiger partial charge in [0.2, 0.25) is 0 Å². The third kappa shape index (κ3) is 2.94. The van der Waals surface area contributed by atoms with E-state index in [9.17, 15) is 0 Å². The van der Waals surface area contributed by atoms with E-state index in [-0.39, 0.29) is 0 Å². The van der Waals surface area contributed by atoms with Crippen LogP contribution in [0.1, 0.15) is 49.9 Å². The minimum atomic E-state index is 0.523. The Kier molecular flexibility index (Phi) is 4.51. The standard InChI is InChI=1S/C17H27NO/c1-6-9-19-17-8-7-16(13(3)14(17)4)15(5)18-10-12(2)11-18/h7-8,12,15H,6,9-11H2,1-5H3. The maximum Gasteiger partial charge on any atom is 0.122 e. The average Bonchev–Trinajstić information content (AvgIpc) is 2.36. The molecule has 1 saturated heterocycles. The molecule has 1 aliphatic rings. The zero-order chi connectivity index (χ0) is 14.0. The predicted octanol–water partition coefficient (Wildman–Crippen LogP) is 4.10. The van der Waals surface area contributed by atoms with Gasteiger partial charge in [-0.25, -0.2) is 0 Å². The van der Waals surface area contributed by atoms with Crippen molar-refractivity contribution in [1.82, 2.24) is 4.90 Å². The van der Waals surface area contributed by atoms with Gasteiger partial charge in [0.05, 0.1) is 6.61 Å². The van der Waals surface area contributed by atoms with Crippen molar-refractivity contribution < 1.29 is 4.74 Å². The molecule has 1 unspecified atom stereocenters. The van der Waals surface area contributed by atoms with Gasteiger partial charge < -0.3 is 4.74 Å². The Balaban J connectivity index is 2.15. The molecule has 2 rings (SSSR count). The van der Waals surface area contributed by atoms with Crippen molar-refractivity contribution in [2.75, 3.05) is 19.7 Å². The summed E-state index contributed by atoms with van der Waals surface area (Å²) in [6.07, 6.45) is 1.06. The lowest BCUT2D eigenvalue weighted by molar-refractivity contribution is 0.0699. The number of hydrogen-bond donors (Lipinski definition) is 0. The van der Waals surface area contributed by atoms with Crippen molar-refractivity contribution in [1.29, 1.82) is 0 Å². The van der Waals surface area contributed by atoms with Gasteiger partial charge in [0.1, 0.15) is 5.75 Å². The van der Waals surface area contributed by atoms with Gasteiger partial charge >= 0.3 is 0 Å². The van der Waals surface area contributed by atoms with E-state index >= 15 is 0 Å². The summed E-state index contributed by atoms with van der Waals surface area (Å²) < 4.78 is 5.81. The summed E-state index contributed by atoms with van der Waals surface area (Å²) in [6.45, 7) is 14.5. The Morgan fingerprint density at radius 1 is 1.26 bits per heavy atom. The number of rotatable bonds is 5. The Morgan fingerprint density at radius 3 is 2.53 bits per heavy atom. The van der Waals surface area contributed by atoms with Crippen LogP contribution in [0.2, 0.25) is 0 Å². The first-order chi connectivity index (χ1) is 9.04. The molecule has 0 radical (unpaired) electrons. The van der Waals surface area contributed by atoms with E-state index in [1.54, 1.807) is 0 Å². The fraction of sp³-hybridized carbons (Fsp3) is 0.647. The van der Waals surface area contributed by atoms with Gasteiger partial charge in [-0.1, -0.05) is 19.9 Å². The summed E-state index contributed by atoms with van der Waals surface area (Å²) in [5, 5.41) is 0. The molecule has 1 fully saturated rings. The Hall–Kier alpha value is -1.02. The Morgan fingerprint density at radius 2 is 1.95 bits per heavy atom. The van der Waals surface area contributed by atoms with Crippen molar-refractivity contribution in [3.05, 3.63) is 28.8 Å². The van der Waals surface area contributed by atoms with Crippen LogP contribution >= 0.6 is 0 Å². The number of benzene rings is 1. The van der Waals surface area contributed by atoms with E-state index in [1.165, 1.54) is 29.8 Å². The first-order valence-electron chi connectivity index (χ1n) is 7.51. The third-order valence-corrected chi connectivity index (χ3v) is 4.33. The van der Waals surface area contributed by atoms with Crippen LogP contribution in [0.15, 0.2) is 12.1 Å². The second kappa shape index (κ2) is 5.96. The van der Waals surface area contributed by atoms with Gasteiger partial charge in [-0.05, 0) is 55.9 Å².